The van der Waals surface area contributed by atoms with Crippen molar-refractivity contribution in [1.82, 2.24) is 19.1 Å². The Bertz CT molecular complexity index is 1140. The number of hydrogen-bond donors (Lipinski definition) is 0. The maximum atomic E-state index is 13.0. The van der Waals surface area contributed by atoms with E-state index in [4.69, 9.17) is 9.84 Å². The third-order valence-corrected chi connectivity index (χ3v) is 5.66. The van der Waals surface area contributed by atoms with E-state index in [1.807, 2.05) is 42.0 Å². The van der Waals surface area contributed by atoms with Crippen LogP contribution in [0.4, 0.5) is 4.79 Å². The Kier molecular flexibility index (Phi) is 5.08. The molecule has 1 fully saturated rings. The number of aromatic nitrogens is 3. The largest absolute Gasteiger partial charge is 0.444 e. The molecule has 0 aliphatic carbocycles. The molecule has 0 bridgehead atoms. The number of fused-ring (bicyclic) bond motifs is 3. The highest BCUT2D eigenvalue weighted by molar-refractivity contribution is 5.95. The van der Waals surface area contributed by atoms with Crippen molar-refractivity contribution in [2.24, 2.45) is 0 Å². The lowest BCUT2D eigenvalue weighted by atomic mass is 9.98. The molecular weight excluding hydrogens is 380 g/mol. The molecule has 160 valence electrons. The molecule has 0 spiro atoms. The second-order valence-electron chi connectivity index (χ2n) is 9.39. The molecule has 3 aromatic rings. The van der Waals surface area contributed by atoms with E-state index in [0.717, 1.165) is 16.6 Å². The number of piperidine rings is 1. The first-order valence-electron chi connectivity index (χ1n) is 10.7. The van der Waals surface area contributed by atoms with Gasteiger partial charge in [-0.05, 0) is 51.2 Å². The van der Waals surface area contributed by atoms with Crippen molar-refractivity contribution in [3.63, 3.8) is 0 Å². The Labute approximate surface area is 176 Å². The van der Waals surface area contributed by atoms with E-state index < -0.39 is 5.60 Å². The van der Waals surface area contributed by atoms with Crippen molar-refractivity contribution >= 4 is 22.6 Å². The highest BCUT2D eigenvalue weighted by Gasteiger charge is 2.29. The molecule has 0 saturated carbocycles. The molecule has 4 rings (SSSR count). The molecule has 1 aliphatic rings. The Morgan fingerprint density at radius 2 is 1.87 bits per heavy atom. The van der Waals surface area contributed by atoms with Crippen LogP contribution in [0.1, 0.15) is 65.0 Å². The van der Waals surface area contributed by atoms with E-state index in [9.17, 15) is 9.59 Å². The quantitative estimate of drug-likeness (QED) is 0.630. The van der Waals surface area contributed by atoms with E-state index in [-0.39, 0.29) is 17.7 Å². The van der Waals surface area contributed by atoms with Gasteiger partial charge >= 0.3 is 6.09 Å². The van der Waals surface area contributed by atoms with Crippen LogP contribution in [0.25, 0.3) is 16.6 Å². The average molecular weight is 411 g/mol. The molecule has 1 aromatic carbocycles. The third kappa shape index (κ3) is 3.68. The molecule has 0 atom stereocenters. The van der Waals surface area contributed by atoms with Crippen LogP contribution in [0.5, 0.6) is 0 Å². The zero-order chi connectivity index (χ0) is 21.6. The van der Waals surface area contributed by atoms with Gasteiger partial charge in [0.05, 0.1) is 5.52 Å². The zero-order valence-electron chi connectivity index (χ0n) is 18.4. The van der Waals surface area contributed by atoms with Gasteiger partial charge in [-0.25, -0.2) is 9.31 Å². The van der Waals surface area contributed by atoms with E-state index >= 15 is 0 Å². The number of nitrogens with zero attached hydrogens (tertiary/aromatic N) is 4. The fourth-order valence-electron chi connectivity index (χ4n) is 4.28. The average Bonchev–Trinajstić information content (AvgIpc) is 3.05. The summed E-state index contributed by atoms with van der Waals surface area (Å²) in [7, 11) is 0. The van der Waals surface area contributed by atoms with Crippen LogP contribution in [0.3, 0.4) is 0 Å². The van der Waals surface area contributed by atoms with Crippen molar-refractivity contribution in [2.45, 2.75) is 65.0 Å². The SMILES string of the molecule is CC(C)c1cccc2nn3ccc(=O)n(C4CCN(C(=O)OC(C)(C)C)CC4)c3c12. The Hall–Kier alpha value is -2.83. The van der Waals surface area contributed by atoms with Gasteiger partial charge in [0.15, 0.2) is 0 Å². The molecule has 0 N–H and O–H groups in total. The minimum Gasteiger partial charge on any atom is -0.444 e. The summed E-state index contributed by atoms with van der Waals surface area (Å²) in [5.74, 6) is 0.319. The van der Waals surface area contributed by atoms with Crippen LogP contribution in [0.2, 0.25) is 0 Å². The van der Waals surface area contributed by atoms with Crippen molar-refractivity contribution in [3.05, 3.63) is 46.4 Å². The van der Waals surface area contributed by atoms with Crippen LogP contribution < -0.4 is 5.56 Å². The monoisotopic (exact) mass is 410 g/mol. The normalized spacial score (nSPS) is 16.0. The van der Waals surface area contributed by atoms with Gasteiger partial charge in [-0.15, -0.1) is 0 Å². The molecule has 1 saturated heterocycles. The van der Waals surface area contributed by atoms with Gasteiger partial charge in [0, 0.05) is 36.8 Å². The van der Waals surface area contributed by atoms with Crippen molar-refractivity contribution in [1.29, 1.82) is 0 Å². The molecule has 1 amide bonds. The van der Waals surface area contributed by atoms with Gasteiger partial charge in [-0.2, -0.15) is 5.10 Å². The maximum Gasteiger partial charge on any atom is 0.410 e. The van der Waals surface area contributed by atoms with Crippen molar-refractivity contribution in [3.8, 4) is 0 Å². The molecule has 3 heterocycles. The fourth-order valence-corrected chi connectivity index (χ4v) is 4.28. The molecule has 1 aliphatic heterocycles. The number of carbonyl (C=O) groups is 1. The second-order valence-corrected chi connectivity index (χ2v) is 9.39. The number of benzene rings is 1. The van der Waals surface area contributed by atoms with Crippen LogP contribution in [0.15, 0.2) is 35.3 Å². The Morgan fingerprint density at radius 3 is 2.50 bits per heavy atom. The molecule has 0 radical (unpaired) electrons. The first-order valence-corrected chi connectivity index (χ1v) is 10.7. The minimum atomic E-state index is -0.514. The molecular formula is C23H30N4O3. The number of likely N-dealkylation sites (tertiary alicyclic amines) is 1. The highest BCUT2D eigenvalue weighted by Crippen LogP contribution is 2.31. The number of carbonyl (C=O) groups excluding carboxylic acids is 1. The summed E-state index contributed by atoms with van der Waals surface area (Å²) in [6.07, 6.45) is 2.86. The third-order valence-electron chi connectivity index (χ3n) is 5.66. The Balaban J connectivity index is 1.72. The zero-order valence-corrected chi connectivity index (χ0v) is 18.4. The molecule has 0 unspecified atom stereocenters. The topological polar surface area (TPSA) is 68.8 Å². The van der Waals surface area contributed by atoms with Gasteiger partial charge in [-0.3, -0.25) is 9.36 Å². The van der Waals surface area contributed by atoms with Crippen molar-refractivity contribution < 1.29 is 9.53 Å². The van der Waals surface area contributed by atoms with E-state index in [0.29, 0.717) is 31.8 Å². The van der Waals surface area contributed by atoms with Crippen LogP contribution in [-0.2, 0) is 4.74 Å². The first-order chi connectivity index (χ1) is 14.2. The molecule has 7 nitrogen and oxygen atoms in total. The number of rotatable bonds is 2. The summed E-state index contributed by atoms with van der Waals surface area (Å²) in [4.78, 5) is 27.1. The maximum absolute atomic E-state index is 13.0. The molecule has 2 aromatic heterocycles. The van der Waals surface area contributed by atoms with Gasteiger partial charge in [0.2, 0.25) is 0 Å². The highest BCUT2D eigenvalue weighted by atomic mass is 16.6. The number of ether oxygens (including phenoxy) is 1. The lowest BCUT2D eigenvalue weighted by molar-refractivity contribution is 0.0188. The van der Waals surface area contributed by atoms with Crippen molar-refractivity contribution in [2.75, 3.05) is 13.1 Å². The second kappa shape index (κ2) is 7.45. The standard InChI is InChI=1S/C23H30N4O3/c1-15(2)17-7-6-8-18-20(17)21-26(24-18)14-11-19(28)27(21)16-9-12-25(13-10-16)22(29)30-23(3,4)5/h6-8,11,14-16H,9-10,12-13H2,1-5H3. The van der Waals surface area contributed by atoms with Crippen LogP contribution >= 0.6 is 0 Å². The minimum absolute atomic E-state index is 0.0139. The Morgan fingerprint density at radius 1 is 1.17 bits per heavy atom. The van der Waals surface area contributed by atoms with Crippen LogP contribution in [-0.4, -0.2) is 43.9 Å². The van der Waals surface area contributed by atoms with Crippen LogP contribution in [0, 0.1) is 0 Å². The lowest BCUT2D eigenvalue weighted by Crippen LogP contribution is -2.43. The fraction of sp³-hybridized carbons (Fsp3) is 0.522. The summed E-state index contributed by atoms with van der Waals surface area (Å²) in [5, 5.41) is 5.75. The summed E-state index contributed by atoms with van der Waals surface area (Å²) >= 11 is 0. The van der Waals surface area contributed by atoms with E-state index in [2.05, 4.69) is 19.9 Å². The molecule has 30 heavy (non-hydrogen) atoms. The lowest BCUT2D eigenvalue weighted by Gasteiger charge is -2.34. The predicted octanol–water partition coefficient (Wildman–Crippen LogP) is 4.34. The van der Waals surface area contributed by atoms with Gasteiger partial charge in [-0.1, -0.05) is 26.0 Å². The summed E-state index contributed by atoms with van der Waals surface area (Å²) < 4.78 is 9.20. The summed E-state index contributed by atoms with van der Waals surface area (Å²) in [6.45, 7) is 11.1. The number of amides is 1. The predicted molar refractivity (Wildman–Crippen MR) is 117 cm³/mol. The first kappa shape index (κ1) is 20.4. The summed E-state index contributed by atoms with van der Waals surface area (Å²) in [5.41, 5.74) is 2.39. The molecule has 7 heteroatoms. The van der Waals surface area contributed by atoms with Gasteiger partial charge in [0.1, 0.15) is 11.2 Å². The smallest absolute Gasteiger partial charge is 0.410 e. The van der Waals surface area contributed by atoms with Gasteiger partial charge in [0.25, 0.3) is 5.56 Å². The number of hydrogen-bond acceptors (Lipinski definition) is 4. The van der Waals surface area contributed by atoms with Gasteiger partial charge < -0.3 is 9.64 Å². The summed E-state index contributed by atoms with van der Waals surface area (Å²) in [6, 6.07) is 7.72. The van der Waals surface area contributed by atoms with E-state index in [1.54, 1.807) is 17.2 Å². The van der Waals surface area contributed by atoms with E-state index in [1.165, 1.54) is 5.56 Å².